The van der Waals surface area contributed by atoms with E-state index in [2.05, 4.69) is 45.1 Å². The van der Waals surface area contributed by atoms with Gasteiger partial charge in [-0.2, -0.15) is 0 Å². The van der Waals surface area contributed by atoms with E-state index in [0.29, 0.717) is 19.3 Å². The van der Waals surface area contributed by atoms with Gasteiger partial charge >= 0.3 is 17.9 Å². The van der Waals surface area contributed by atoms with Gasteiger partial charge in [0.2, 0.25) is 0 Å². The molecular weight excluding hydrogens is 1010 g/mol. The molecule has 6 nitrogen and oxygen atoms in total. The average Bonchev–Trinajstić information content (AvgIpc) is 3.47. The summed E-state index contributed by atoms with van der Waals surface area (Å²) < 4.78 is 17.0. The van der Waals surface area contributed by atoms with Gasteiger partial charge in [-0.3, -0.25) is 14.4 Å². The van der Waals surface area contributed by atoms with E-state index in [9.17, 15) is 14.4 Å². The van der Waals surface area contributed by atoms with Crippen LogP contribution in [0, 0.1) is 0 Å². The summed E-state index contributed by atoms with van der Waals surface area (Å²) in [6.07, 6.45) is 87.9. The first kappa shape index (κ1) is 79.9. The Morgan fingerprint density at radius 2 is 0.439 bits per heavy atom. The molecule has 0 rings (SSSR count). The maximum Gasteiger partial charge on any atom is 0.306 e. The second-order valence-corrected chi connectivity index (χ2v) is 25.6. The van der Waals surface area contributed by atoms with E-state index in [0.717, 1.165) is 70.6 Å². The van der Waals surface area contributed by atoms with E-state index >= 15 is 0 Å². The largest absolute Gasteiger partial charge is 0.462 e. The van der Waals surface area contributed by atoms with Crippen molar-refractivity contribution in [1.82, 2.24) is 0 Å². The van der Waals surface area contributed by atoms with Crippen LogP contribution < -0.4 is 0 Å². The SMILES string of the molecule is CCCCC/C=C\C/C=C\CCCCCCCCCC(=O)OCC(COC(=O)CCCCCCCCCCCCCCCCCCCCCCCCCCCCCC)OC(=O)CCCCCCCCCCCCCCCCCCCCC. The van der Waals surface area contributed by atoms with Crippen molar-refractivity contribution in [2.24, 2.45) is 0 Å². The summed E-state index contributed by atoms with van der Waals surface area (Å²) in [7, 11) is 0. The molecule has 1 unspecified atom stereocenters. The number of carbonyl (C=O) groups excluding carboxylic acids is 3. The number of hydrogen-bond acceptors (Lipinski definition) is 6. The van der Waals surface area contributed by atoms with E-state index in [4.69, 9.17) is 14.2 Å². The first-order valence-electron chi connectivity index (χ1n) is 37.3. The summed E-state index contributed by atoms with van der Waals surface area (Å²) in [5.41, 5.74) is 0. The number of rotatable bonds is 70. The van der Waals surface area contributed by atoms with Crippen molar-refractivity contribution >= 4 is 17.9 Å². The van der Waals surface area contributed by atoms with Crippen molar-refractivity contribution in [2.75, 3.05) is 13.2 Å². The van der Waals surface area contributed by atoms with Crippen LogP contribution in [0.25, 0.3) is 0 Å². The van der Waals surface area contributed by atoms with E-state index in [1.54, 1.807) is 0 Å². The molecule has 0 radical (unpaired) electrons. The molecule has 0 spiro atoms. The second-order valence-electron chi connectivity index (χ2n) is 25.6. The number of esters is 3. The number of hydrogen-bond donors (Lipinski definition) is 0. The van der Waals surface area contributed by atoms with Crippen molar-refractivity contribution in [3.8, 4) is 0 Å². The van der Waals surface area contributed by atoms with Crippen LogP contribution in [0.3, 0.4) is 0 Å². The van der Waals surface area contributed by atoms with Gasteiger partial charge in [-0.25, -0.2) is 0 Å². The van der Waals surface area contributed by atoms with Gasteiger partial charge < -0.3 is 14.2 Å². The first-order valence-corrected chi connectivity index (χ1v) is 37.3. The summed E-state index contributed by atoms with van der Waals surface area (Å²) in [6, 6.07) is 0. The number of carbonyl (C=O) groups is 3. The Labute approximate surface area is 513 Å². The Balaban J connectivity index is 4.22. The molecule has 0 heterocycles. The van der Waals surface area contributed by atoms with Gasteiger partial charge in [0.15, 0.2) is 6.10 Å². The number of ether oxygens (including phenoxy) is 3. The monoisotopic (exact) mass is 1150 g/mol. The highest BCUT2D eigenvalue weighted by atomic mass is 16.6. The molecule has 0 aliphatic carbocycles. The summed E-state index contributed by atoms with van der Waals surface area (Å²) in [6.45, 7) is 6.71. The zero-order valence-corrected chi connectivity index (χ0v) is 55.8. The van der Waals surface area contributed by atoms with Crippen molar-refractivity contribution in [1.29, 1.82) is 0 Å². The zero-order chi connectivity index (χ0) is 59.2. The molecule has 0 aromatic carbocycles. The van der Waals surface area contributed by atoms with Crippen LogP contribution in [0.5, 0.6) is 0 Å². The lowest BCUT2D eigenvalue weighted by Crippen LogP contribution is -2.30. The Bertz CT molecular complexity index is 1320. The molecule has 0 fully saturated rings. The normalized spacial score (nSPS) is 12.1. The van der Waals surface area contributed by atoms with Crippen molar-refractivity contribution in [3.05, 3.63) is 24.3 Å². The predicted molar refractivity (Wildman–Crippen MR) is 358 cm³/mol. The van der Waals surface area contributed by atoms with Gasteiger partial charge in [-0.15, -0.1) is 0 Å². The molecule has 484 valence electrons. The van der Waals surface area contributed by atoms with Crippen LogP contribution in [0.2, 0.25) is 0 Å². The molecule has 0 aromatic rings. The highest BCUT2D eigenvalue weighted by molar-refractivity contribution is 5.71. The van der Waals surface area contributed by atoms with Gasteiger partial charge in [0.1, 0.15) is 13.2 Å². The maximum atomic E-state index is 13.0. The molecule has 0 aromatic heterocycles. The fourth-order valence-electron chi connectivity index (χ4n) is 11.6. The average molecular weight is 1150 g/mol. The molecule has 0 saturated carbocycles. The van der Waals surface area contributed by atoms with Crippen molar-refractivity contribution in [2.45, 2.75) is 431 Å². The Morgan fingerprint density at radius 3 is 0.695 bits per heavy atom. The Morgan fingerprint density at radius 1 is 0.244 bits per heavy atom. The summed E-state index contributed by atoms with van der Waals surface area (Å²) in [5, 5.41) is 0. The van der Waals surface area contributed by atoms with Gasteiger partial charge in [-0.05, 0) is 51.4 Å². The molecule has 82 heavy (non-hydrogen) atoms. The van der Waals surface area contributed by atoms with E-state index in [-0.39, 0.29) is 31.1 Å². The third kappa shape index (κ3) is 68.7. The third-order valence-electron chi connectivity index (χ3n) is 17.2. The standard InChI is InChI=1S/C76H144O6/c1-4-7-10-13-16-19-22-25-28-31-33-34-35-36-37-38-39-40-41-43-45-48-51-54-57-60-63-66-69-75(78)81-72-73(71-80-74(77)68-65-62-59-56-53-50-47-44-30-27-24-21-18-15-12-9-6-3)82-76(79)70-67-64-61-58-55-52-49-46-42-32-29-26-23-20-17-14-11-8-5-2/h18,21,27,30,73H,4-17,19-20,22-26,28-29,31-72H2,1-3H3/b21-18-,30-27-. The quantitative estimate of drug-likeness (QED) is 0.0261. The van der Waals surface area contributed by atoms with Gasteiger partial charge in [-0.1, -0.05) is 379 Å². The van der Waals surface area contributed by atoms with E-state index in [1.165, 1.54) is 315 Å². The number of allylic oxidation sites excluding steroid dienone is 4. The molecule has 6 heteroatoms. The lowest BCUT2D eigenvalue weighted by atomic mass is 10.0. The van der Waals surface area contributed by atoms with Crippen LogP contribution in [0.15, 0.2) is 24.3 Å². The minimum atomic E-state index is -0.772. The third-order valence-corrected chi connectivity index (χ3v) is 17.2. The minimum Gasteiger partial charge on any atom is -0.462 e. The molecule has 0 saturated heterocycles. The minimum absolute atomic E-state index is 0.0669. The highest BCUT2D eigenvalue weighted by Crippen LogP contribution is 2.19. The maximum absolute atomic E-state index is 13.0. The van der Waals surface area contributed by atoms with E-state index in [1.807, 2.05) is 0 Å². The molecule has 0 amide bonds. The first-order chi connectivity index (χ1) is 40.5. The number of unbranched alkanes of at least 4 members (excludes halogenated alkanes) is 55. The molecule has 1 atom stereocenters. The molecule has 0 aliphatic rings. The lowest BCUT2D eigenvalue weighted by Gasteiger charge is -2.18. The summed E-state index contributed by atoms with van der Waals surface area (Å²) >= 11 is 0. The topological polar surface area (TPSA) is 78.9 Å². The molecule has 0 aliphatic heterocycles. The fraction of sp³-hybridized carbons (Fsp3) is 0.908. The molecular formula is C76H144O6. The smallest absolute Gasteiger partial charge is 0.306 e. The van der Waals surface area contributed by atoms with Gasteiger partial charge in [0.05, 0.1) is 0 Å². The van der Waals surface area contributed by atoms with Crippen LogP contribution in [-0.2, 0) is 28.6 Å². The highest BCUT2D eigenvalue weighted by Gasteiger charge is 2.20. The van der Waals surface area contributed by atoms with Gasteiger partial charge in [0.25, 0.3) is 0 Å². The lowest BCUT2D eigenvalue weighted by molar-refractivity contribution is -0.167. The Hall–Kier alpha value is -2.11. The summed E-state index contributed by atoms with van der Waals surface area (Å²) in [4.78, 5) is 38.5. The predicted octanol–water partition coefficient (Wildman–Crippen LogP) is 25.7. The molecule has 0 N–H and O–H groups in total. The fourth-order valence-corrected chi connectivity index (χ4v) is 11.6. The molecule has 0 bridgehead atoms. The summed E-state index contributed by atoms with van der Waals surface area (Å²) in [5.74, 6) is -0.839. The Kier molecular flexibility index (Phi) is 69.5. The zero-order valence-electron chi connectivity index (χ0n) is 55.8. The van der Waals surface area contributed by atoms with Gasteiger partial charge in [0, 0.05) is 19.3 Å². The van der Waals surface area contributed by atoms with Crippen molar-refractivity contribution < 1.29 is 28.6 Å². The van der Waals surface area contributed by atoms with E-state index < -0.39 is 6.10 Å². The van der Waals surface area contributed by atoms with Crippen LogP contribution >= 0.6 is 0 Å². The van der Waals surface area contributed by atoms with Crippen LogP contribution in [0.1, 0.15) is 425 Å². The van der Waals surface area contributed by atoms with Crippen LogP contribution in [-0.4, -0.2) is 37.2 Å². The van der Waals surface area contributed by atoms with Crippen molar-refractivity contribution in [3.63, 3.8) is 0 Å². The second kappa shape index (κ2) is 71.4. The van der Waals surface area contributed by atoms with Crippen LogP contribution in [0.4, 0.5) is 0 Å².